The Hall–Kier alpha value is -1.32. The van der Waals surface area contributed by atoms with Gasteiger partial charge < -0.3 is 11.1 Å². The summed E-state index contributed by atoms with van der Waals surface area (Å²) in [6, 6.07) is 1.81. The van der Waals surface area contributed by atoms with Gasteiger partial charge in [0.05, 0.1) is 0 Å². The van der Waals surface area contributed by atoms with Crippen molar-refractivity contribution in [3.63, 3.8) is 0 Å². The molecule has 3 N–H and O–H groups in total. The zero-order valence-corrected chi connectivity index (χ0v) is 10.0. The minimum Gasteiger partial charge on any atom is -0.384 e. The first-order valence-corrected chi connectivity index (χ1v) is 6.03. The number of nitrogens with zero attached hydrogens (tertiary/aromatic N) is 2. The molecule has 0 saturated heterocycles. The molecule has 1 aliphatic rings. The molecule has 0 aromatic carbocycles. The van der Waals surface area contributed by atoms with Crippen LogP contribution in [0.15, 0.2) is 6.07 Å². The number of aromatic nitrogens is 2. The van der Waals surface area contributed by atoms with Crippen LogP contribution in [0.25, 0.3) is 0 Å². The van der Waals surface area contributed by atoms with Gasteiger partial charge in [0.15, 0.2) is 0 Å². The Morgan fingerprint density at radius 2 is 2.19 bits per heavy atom. The van der Waals surface area contributed by atoms with Crippen LogP contribution in [-0.4, -0.2) is 16.5 Å². The van der Waals surface area contributed by atoms with Crippen LogP contribution in [0, 0.1) is 5.92 Å². The van der Waals surface area contributed by atoms with Crippen LogP contribution in [0.2, 0.25) is 0 Å². The molecular formula is C12H20N4. The number of hydrogen-bond donors (Lipinski definition) is 2. The second-order valence-electron chi connectivity index (χ2n) is 4.87. The lowest BCUT2D eigenvalue weighted by molar-refractivity contribution is 0.333. The van der Waals surface area contributed by atoms with Crippen molar-refractivity contribution >= 4 is 11.6 Å². The van der Waals surface area contributed by atoms with Crippen molar-refractivity contribution in [1.29, 1.82) is 0 Å². The maximum absolute atomic E-state index is 5.76. The zero-order chi connectivity index (χ0) is 11.5. The molecule has 0 aliphatic heterocycles. The van der Waals surface area contributed by atoms with Gasteiger partial charge in [0.25, 0.3) is 0 Å². The molecule has 0 atom stereocenters. The topological polar surface area (TPSA) is 63.8 Å². The number of nitrogens with one attached hydrogen (secondary N) is 1. The Bertz CT molecular complexity index is 358. The van der Waals surface area contributed by atoms with Gasteiger partial charge in [-0.2, -0.15) is 0 Å². The Morgan fingerprint density at radius 3 is 2.75 bits per heavy atom. The van der Waals surface area contributed by atoms with Crippen molar-refractivity contribution in [2.45, 2.75) is 39.0 Å². The maximum atomic E-state index is 5.76. The second-order valence-corrected chi connectivity index (χ2v) is 4.87. The highest BCUT2D eigenvalue weighted by atomic mass is 15.1. The minimum atomic E-state index is 0.313. The predicted molar refractivity (Wildman–Crippen MR) is 66.4 cm³/mol. The van der Waals surface area contributed by atoms with Gasteiger partial charge in [-0.3, -0.25) is 0 Å². The van der Waals surface area contributed by atoms with E-state index in [4.69, 9.17) is 5.73 Å². The molecule has 0 unspecified atom stereocenters. The summed E-state index contributed by atoms with van der Waals surface area (Å²) in [4.78, 5) is 8.68. The van der Waals surface area contributed by atoms with Gasteiger partial charge in [-0.1, -0.05) is 20.3 Å². The number of nitrogens with two attached hydrogens (primary N) is 1. The molecule has 1 saturated carbocycles. The van der Waals surface area contributed by atoms with Gasteiger partial charge >= 0.3 is 0 Å². The first-order valence-electron chi connectivity index (χ1n) is 6.03. The summed E-state index contributed by atoms with van der Waals surface area (Å²) >= 11 is 0. The van der Waals surface area contributed by atoms with Gasteiger partial charge in [-0.05, 0) is 18.8 Å². The van der Waals surface area contributed by atoms with Crippen molar-refractivity contribution < 1.29 is 0 Å². The van der Waals surface area contributed by atoms with E-state index < -0.39 is 0 Å². The van der Waals surface area contributed by atoms with Crippen LogP contribution in [0.5, 0.6) is 0 Å². The van der Waals surface area contributed by atoms with Crippen LogP contribution >= 0.6 is 0 Å². The monoisotopic (exact) mass is 220 g/mol. The van der Waals surface area contributed by atoms with E-state index >= 15 is 0 Å². The quantitative estimate of drug-likeness (QED) is 0.817. The molecule has 4 nitrogen and oxygen atoms in total. The summed E-state index contributed by atoms with van der Waals surface area (Å²) in [6.07, 6.45) is 4.05. The summed E-state index contributed by atoms with van der Waals surface area (Å²) in [6.45, 7) is 5.16. The molecule has 1 aliphatic carbocycles. The van der Waals surface area contributed by atoms with E-state index in [9.17, 15) is 0 Å². The van der Waals surface area contributed by atoms with E-state index in [0.29, 0.717) is 11.7 Å². The predicted octanol–water partition coefficient (Wildman–Crippen LogP) is 2.39. The van der Waals surface area contributed by atoms with Crippen molar-refractivity contribution in [3.8, 4) is 0 Å². The van der Waals surface area contributed by atoms with Gasteiger partial charge in [-0.15, -0.1) is 0 Å². The molecule has 16 heavy (non-hydrogen) atoms. The SMILES string of the molecule is CC(C)c1nc(N)cc(NCC2CCC2)n1. The molecule has 1 aromatic heterocycles. The fourth-order valence-electron chi connectivity index (χ4n) is 1.78. The zero-order valence-electron chi connectivity index (χ0n) is 10.0. The summed E-state index contributed by atoms with van der Waals surface area (Å²) in [5.74, 6) is 3.36. The molecular weight excluding hydrogens is 200 g/mol. The number of anilines is 2. The third-order valence-electron chi connectivity index (χ3n) is 3.08. The van der Waals surface area contributed by atoms with Crippen LogP contribution in [0.1, 0.15) is 44.9 Å². The summed E-state index contributed by atoms with van der Waals surface area (Å²) in [5, 5.41) is 3.35. The smallest absolute Gasteiger partial charge is 0.135 e. The van der Waals surface area contributed by atoms with Crippen molar-refractivity contribution in [1.82, 2.24) is 9.97 Å². The van der Waals surface area contributed by atoms with Crippen molar-refractivity contribution in [3.05, 3.63) is 11.9 Å². The van der Waals surface area contributed by atoms with E-state index in [1.807, 2.05) is 6.07 Å². The fraction of sp³-hybridized carbons (Fsp3) is 0.667. The largest absolute Gasteiger partial charge is 0.384 e. The Balaban J connectivity index is 2.01. The summed E-state index contributed by atoms with van der Waals surface area (Å²) < 4.78 is 0. The van der Waals surface area contributed by atoms with E-state index in [1.54, 1.807) is 0 Å². The van der Waals surface area contributed by atoms with Crippen molar-refractivity contribution in [2.24, 2.45) is 5.92 Å². The number of rotatable bonds is 4. The first-order chi connectivity index (χ1) is 7.65. The molecule has 0 radical (unpaired) electrons. The molecule has 1 heterocycles. The van der Waals surface area contributed by atoms with Gasteiger partial charge in [-0.25, -0.2) is 9.97 Å². The average Bonchev–Trinajstić information content (AvgIpc) is 2.14. The second kappa shape index (κ2) is 4.68. The molecule has 0 spiro atoms. The third kappa shape index (κ3) is 2.62. The Labute approximate surface area is 96.7 Å². The van der Waals surface area contributed by atoms with Gasteiger partial charge in [0.2, 0.25) is 0 Å². The van der Waals surface area contributed by atoms with E-state index in [-0.39, 0.29) is 0 Å². The van der Waals surface area contributed by atoms with Crippen LogP contribution in [0.4, 0.5) is 11.6 Å². The minimum absolute atomic E-state index is 0.313. The molecule has 2 rings (SSSR count). The van der Waals surface area contributed by atoms with E-state index in [0.717, 1.165) is 24.1 Å². The van der Waals surface area contributed by atoms with E-state index in [1.165, 1.54) is 19.3 Å². The molecule has 1 fully saturated rings. The lowest BCUT2D eigenvalue weighted by atomic mass is 9.85. The Morgan fingerprint density at radius 1 is 1.44 bits per heavy atom. The highest BCUT2D eigenvalue weighted by Gasteiger charge is 2.17. The lowest BCUT2D eigenvalue weighted by Gasteiger charge is -2.25. The standard InChI is InChI=1S/C12H20N4/c1-8(2)12-15-10(13)6-11(16-12)14-7-9-4-3-5-9/h6,8-9H,3-5,7H2,1-2H3,(H3,13,14,15,16). The average molecular weight is 220 g/mol. The van der Waals surface area contributed by atoms with Crippen molar-refractivity contribution in [2.75, 3.05) is 17.6 Å². The number of hydrogen-bond acceptors (Lipinski definition) is 4. The van der Waals surface area contributed by atoms with Crippen LogP contribution in [-0.2, 0) is 0 Å². The Kier molecular flexibility index (Phi) is 3.27. The van der Waals surface area contributed by atoms with Crippen LogP contribution in [0.3, 0.4) is 0 Å². The first kappa shape index (κ1) is 11.2. The van der Waals surface area contributed by atoms with Crippen LogP contribution < -0.4 is 11.1 Å². The molecule has 0 amide bonds. The molecule has 88 valence electrons. The summed E-state index contributed by atoms with van der Waals surface area (Å²) in [7, 11) is 0. The molecule has 0 bridgehead atoms. The third-order valence-corrected chi connectivity index (χ3v) is 3.08. The van der Waals surface area contributed by atoms with Gasteiger partial charge in [0.1, 0.15) is 17.5 Å². The summed E-state index contributed by atoms with van der Waals surface area (Å²) in [5.41, 5.74) is 5.76. The highest BCUT2D eigenvalue weighted by molar-refractivity contribution is 5.44. The number of nitrogen functional groups attached to an aromatic ring is 1. The highest BCUT2D eigenvalue weighted by Crippen LogP contribution is 2.26. The maximum Gasteiger partial charge on any atom is 0.135 e. The van der Waals surface area contributed by atoms with E-state index in [2.05, 4.69) is 29.1 Å². The lowest BCUT2D eigenvalue weighted by Crippen LogP contribution is -2.21. The normalized spacial score (nSPS) is 16.2. The fourth-order valence-corrected chi connectivity index (χ4v) is 1.78. The molecule has 4 heteroatoms. The molecule has 1 aromatic rings. The van der Waals surface area contributed by atoms with Gasteiger partial charge in [0, 0.05) is 18.5 Å².